The summed E-state index contributed by atoms with van der Waals surface area (Å²) >= 11 is 5.84. The van der Waals surface area contributed by atoms with Gasteiger partial charge < -0.3 is 14.8 Å². The molecule has 0 bridgehead atoms. The van der Waals surface area contributed by atoms with Gasteiger partial charge in [-0.05, 0) is 86.6 Å². The van der Waals surface area contributed by atoms with Crippen molar-refractivity contribution < 1.29 is 4.39 Å². The van der Waals surface area contributed by atoms with Crippen LogP contribution < -0.4 is 10.2 Å². The van der Waals surface area contributed by atoms with Crippen LogP contribution in [-0.2, 0) is 0 Å². The number of anilines is 1. The number of halogens is 1. The molecule has 0 spiro atoms. The molecule has 166 valence electrons. The molecule has 1 N–H and O–H groups in total. The monoisotopic (exact) mass is 456 g/mol. The van der Waals surface area contributed by atoms with Crippen molar-refractivity contribution in [2.24, 2.45) is 0 Å². The summed E-state index contributed by atoms with van der Waals surface area (Å²) in [4.78, 5) is 6.79. The summed E-state index contributed by atoms with van der Waals surface area (Å²) in [5, 5.41) is 4.16. The van der Waals surface area contributed by atoms with Crippen LogP contribution in [0.25, 0.3) is 5.69 Å². The lowest BCUT2D eigenvalue weighted by molar-refractivity contribution is 0.564. The number of nitrogens with one attached hydrogen (secondary N) is 1. The van der Waals surface area contributed by atoms with E-state index in [2.05, 4.69) is 46.4 Å². The first-order valence-electron chi connectivity index (χ1n) is 11.0. The number of aromatic nitrogens is 2. The zero-order valence-electron chi connectivity index (χ0n) is 18.8. The van der Waals surface area contributed by atoms with Crippen molar-refractivity contribution >= 4 is 23.0 Å². The summed E-state index contributed by atoms with van der Waals surface area (Å²) in [5.41, 5.74) is 6.67. The smallest absolute Gasteiger partial charge is 0.174 e. The highest BCUT2D eigenvalue weighted by Gasteiger charge is 2.42. The van der Waals surface area contributed by atoms with E-state index in [0.717, 1.165) is 33.9 Å². The second kappa shape index (κ2) is 8.45. The number of nitrogens with zero attached hydrogens (tertiary/aromatic N) is 3. The zero-order chi connectivity index (χ0) is 23.1. The molecule has 4 nitrogen and oxygen atoms in total. The van der Waals surface area contributed by atoms with Gasteiger partial charge in [0.1, 0.15) is 5.82 Å². The molecule has 3 heterocycles. The fraction of sp³-hybridized carbons (Fsp3) is 0.185. The Labute approximate surface area is 198 Å². The molecule has 0 radical (unpaired) electrons. The molecular weight excluding hydrogens is 431 g/mol. The standard InChI is InChI=1S/C27H25FN4S/c1-17-9-8-10-20(15-17)32-26(25(30-27(32)33)23-12-6-7-14-29-23)21-16-18(2)31(19(21)3)24-13-5-4-11-22(24)28/h4-16,25-26H,1-3H3,(H,30,33)/t25-,26-/m1/s1. The van der Waals surface area contributed by atoms with Crippen LogP contribution in [0.15, 0.2) is 79.0 Å². The van der Waals surface area contributed by atoms with E-state index >= 15 is 0 Å². The minimum Gasteiger partial charge on any atom is -0.351 e. The van der Waals surface area contributed by atoms with E-state index in [4.69, 9.17) is 12.2 Å². The predicted molar refractivity (Wildman–Crippen MR) is 134 cm³/mol. The summed E-state index contributed by atoms with van der Waals surface area (Å²) in [6.07, 6.45) is 1.80. The summed E-state index contributed by atoms with van der Waals surface area (Å²) in [6, 6.07) is 23.0. The molecule has 2 atom stereocenters. The minimum atomic E-state index is -0.247. The summed E-state index contributed by atoms with van der Waals surface area (Å²) in [6.45, 7) is 6.13. The van der Waals surface area contributed by atoms with E-state index in [0.29, 0.717) is 10.8 Å². The van der Waals surface area contributed by atoms with Gasteiger partial charge in [-0.25, -0.2) is 4.39 Å². The predicted octanol–water partition coefficient (Wildman–Crippen LogP) is 6.11. The van der Waals surface area contributed by atoms with E-state index in [-0.39, 0.29) is 17.9 Å². The Balaban J connectivity index is 1.70. The van der Waals surface area contributed by atoms with Crippen molar-refractivity contribution in [3.05, 3.63) is 113 Å². The largest absolute Gasteiger partial charge is 0.351 e. The van der Waals surface area contributed by atoms with Crippen molar-refractivity contribution in [1.29, 1.82) is 0 Å². The van der Waals surface area contributed by atoms with Crippen molar-refractivity contribution in [2.45, 2.75) is 32.9 Å². The number of rotatable bonds is 4. The lowest BCUT2D eigenvalue weighted by Gasteiger charge is -2.28. The zero-order valence-corrected chi connectivity index (χ0v) is 19.6. The van der Waals surface area contributed by atoms with E-state index in [1.807, 2.05) is 54.8 Å². The lowest BCUT2D eigenvalue weighted by Crippen LogP contribution is -2.29. The van der Waals surface area contributed by atoms with Crippen LogP contribution >= 0.6 is 12.2 Å². The lowest BCUT2D eigenvalue weighted by atomic mass is 9.96. The Morgan fingerprint density at radius 2 is 1.73 bits per heavy atom. The van der Waals surface area contributed by atoms with Gasteiger partial charge in [0.15, 0.2) is 5.11 Å². The first kappa shape index (κ1) is 21.3. The van der Waals surface area contributed by atoms with E-state index < -0.39 is 0 Å². The first-order valence-corrected chi connectivity index (χ1v) is 11.4. The third-order valence-electron chi connectivity index (χ3n) is 6.26. The van der Waals surface area contributed by atoms with Gasteiger partial charge >= 0.3 is 0 Å². The maximum Gasteiger partial charge on any atom is 0.174 e. The second-order valence-electron chi connectivity index (χ2n) is 8.45. The van der Waals surface area contributed by atoms with Gasteiger partial charge in [-0.1, -0.05) is 30.3 Å². The Kier molecular flexibility index (Phi) is 5.46. The third-order valence-corrected chi connectivity index (χ3v) is 6.57. The molecule has 1 aliphatic heterocycles. The summed E-state index contributed by atoms with van der Waals surface area (Å²) in [7, 11) is 0. The molecule has 5 rings (SSSR count). The third kappa shape index (κ3) is 3.70. The molecule has 0 saturated carbocycles. The first-order chi connectivity index (χ1) is 16.0. The number of benzene rings is 2. The number of thiocarbonyl (C=S) groups is 1. The van der Waals surface area contributed by atoms with Gasteiger partial charge in [-0.3, -0.25) is 4.98 Å². The quantitative estimate of drug-likeness (QED) is 0.376. The van der Waals surface area contributed by atoms with Gasteiger partial charge in [0.2, 0.25) is 0 Å². The van der Waals surface area contributed by atoms with Gasteiger partial charge in [0.25, 0.3) is 0 Å². The fourth-order valence-electron chi connectivity index (χ4n) is 4.82. The number of hydrogen-bond acceptors (Lipinski definition) is 2. The highest BCUT2D eigenvalue weighted by atomic mass is 32.1. The van der Waals surface area contributed by atoms with Crippen LogP contribution in [-0.4, -0.2) is 14.7 Å². The molecule has 0 aliphatic carbocycles. The molecular formula is C27H25FN4S. The minimum absolute atomic E-state index is 0.138. The summed E-state index contributed by atoms with van der Waals surface area (Å²) < 4.78 is 16.7. The fourth-order valence-corrected chi connectivity index (χ4v) is 5.16. The topological polar surface area (TPSA) is 33.1 Å². The number of hydrogen-bond donors (Lipinski definition) is 1. The maximum absolute atomic E-state index is 14.7. The number of aryl methyl sites for hydroxylation is 2. The Morgan fingerprint density at radius 3 is 2.45 bits per heavy atom. The molecule has 4 aromatic rings. The highest BCUT2D eigenvalue weighted by molar-refractivity contribution is 7.80. The number of pyridine rings is 1. The molecule has 0 unspecified atom stereocenters. The van der Waals surface area contributed by atoms with Crippen LogP contribution in [0.5, 0.6) is 0 Å². The van der Waals surface area contributed by atoms with Crippen LogP contribution in [0, 0.1) is 26.6 Å². The Morgan fingerprint density at radius 1 is 0.939 bits per heavy atom. The summed E-state index contributed by atoms with van der Waals surface area (Å²) in [5.74, 6) is -0.247. The van der Waals surface area contributed by atoms with Crippen molar-refractivity contribution in [3.8, 4) is 5.69 Å². The van der Waals surface area contributed by atoms with Crippen LogP contribution in [0.4, 0.5) is 10.1 Å². The molecule has 1 saturated heterocycles. The molecule has 33 heavy (non-hydrogen) atoms. The van der Waals surface area contributed by atoms with E-state index in [9.17, 15) is 4.39 Å². The normalized spacial score (nSPS) is 17.9. The van der Waals surface area contributed by atoms with Gasteiger partial charge in [0.05, 0.1) is 23.5 Å². The van der Waals surface area contributed by atoms with Gasteiger partial charge in [0, 0.05) is 23.3 Å². The Hall–Kier alpha value is -3.51. The molecule has 1 aliphatic rings. The van der Waals surface area contributed by atoms with Gasteiger partial charge in [-0.2, -0.15) is 0 Å². The van der Waals surface area contributed by atoms with Crippen molar-refractivity contribution in [3.63, 3.8) is 0 Å². The van der Waals surface area contributed by atoms with Crippen LogP contribution in [0.3, 0.4) is 0 Å². The molecule has 1 fully saturated rings. The van der Waals surface area contributed by atoms with Crippen LogP contribution in [0.1, 0.15) is 40.3 Å². The Bertz CT molecular complexity index is 1330. The van der Waals surface area contributed by atoms with Crippen molar-refractivity contribution in [2.75, 3.05) is 4.90 Å². The number of para-hydroxylation sites is 1. The van der Waals surface area contributed by atoms with Crippen molar-refractivity contribution in [1.82, 2.24) is 14.9 Å². The average molecular weight is 457 g/mol. The van der Waals surface area contributed by atoms with Gasteiger partial charge in [-0.15, -0.1) is 0 Å². The highest BCUT2D eigenvalue weighted by Crippen LogP contribution is 2.43. The maximum atomic E-state index is 14.7. The van der Waals surface area contributed by atoms with E-state index in [1.54, 1.807) is 12.3 Å². The average Bonchev–Trinajstić information content (AvgIpc) is 3.30. The molecule has 2 aromatic heterocycles. The van der Waals surface area contributed by atoms with Crippen LogP contribution in [0.2, 0.25) is 0 Å². The second-order valence-corrected chi connectivity index (χ2v) is 8.84. The van der Waals surface area contributed by atoms with E-state index in [1.165, 1.54) is 6.07 Å². The SMILES string of the molecule is Cc1cccc(N2C(=S)N[C@H](c3ccccn3)[C@H]2c2cc(C)n(-c3ccccc3F)c2C)c1. The molecule has 6 heteroatoms. The molecule has 2 aromatic carbocycles. The molecule has 0 amide bonds.